The Morgan fingerprint density at radius 2 is 2.12 bits per heavy atom. The maximum atomic E-state index is 13.0. The molecule has 8 nitrogen and oxygen atoms in total. The number of pyridine rings is 2. The van der Waals surface area contributed by atoms with Gasteiger partial charge in [-0.05, 0) is 48.9 Å². The highest BCUT2D eigenvalue weighted by molar-refractivity contribution is 5.88. The highest BCUT2D eigenvalue weighted by atomic mass is 16.2. The van der Waals surface area contributed by atoms with E-state index in [9.17, 15) is 9.59 Å². The van der Waals surface area contributed by atoms with E-state index >= 15 is 0 Å². The van der Waals surface area contributed by atoms with Crippen molar-refractivity contribution in [3.05, 3.63) is 53.1 Å². The molecule has 2 aliphatic rings. The summed E-state index contributed by atoms with van der Waals surface area (Å²) in [6.45, 7) is 7.04. The number of nitrogens with zero attached hydrogens (tertiary/aromatic N) is 3. The summed E-state index contributed by atoms with van der Waals surface area (Å²) in [4.78, 5) is 37.0. The molecule has 1 saturated carbocycles. The number of amides is 1. The molecule has 2 aromatic heterocycles. The first-order chi connectivity index (χ1) is 16.4. The molecule has 3 heterocycles. The van der Waals surface area contributed by atoms with Crippen molar-refractivity contribution >= 4 is 17.4 Å². The number of H-pyrrole nitrogens is 1. The molecular formula is C26H36N6O2. The van der Waals surface area contributed by atoms with Gasteiger partial charge in [-0.15, -0.1) is 0 Å². The second-order valence-electron chi connectivity index (χ2n) is 9.57. The largest absolute Gasteiger partial charge is 0.373 e. The molecule has 2 fully saturated rings. The maximum Gasteiger partial charge on any atom is 0.271 e. The second-order valence-corrected chi connectivity index (χ2v) is 9.57. The predicted molar refractivity (Wildman–Crippen MR) is 137 cm³/mol. The molecule has 3 N–H and O–H groups in total. The molecule has 0 aromatic carbocycles. The number of rotatable bonds is 10. The lowest BCUT2D eigenvalue weighted by atomic mass is 10.1. The topological polar surface area (TPSA) is 93.4 Å². The maximum absolute atomic E-state index is 13.0. The van der Waals surface area contributed by atoms with Crippen LogP contribution in [0.25, 0.3) is 11.1 Å². The number of aromatic amines is 1. The van der Waals surface area contributed by atoms with Crippen LogP contribution in [0.4, 0.5) is 11.5 Å². The summed E-state index contributed by atoms with van der Waals surface area (Å²) in [5.41, 5.74) is 2.53. The van der Waals surface area contributed by atoms with E-state index in [1.807, 2.05) is 36.2 Å². The first kappa shape index (κ1) is 24.0. The highest BCUT2D eigenvalue weighted by Crippen LogP contribution is 2.34. The Bertz CT molecular complexity index is 1070. The minimum absolute atomic E-state index is 0.0402. The predicted octanol–water partition coefficient (Wildman–Crippen LogP) is 2.85. The Kier molecular flexibility index (Phi) is 7.67. The third kappa shape index (κ3) is 6.05. The minimum atomic E-state index is -0.0864. The monoisotopic (exact) mass is 464 g/mol. The van der Waals surface area contributed by atoms with Crippen molar-refractivity contribution in [3.63, 3.8) is 0 Å². The Labute approximate surface area is 201 Å². The van der Waals surface area contributed by atoms with E-state index in [1.54, 1.807) is 18.5 Å². The second kappa shape index (κ2) is 10.9. The molecule has 0 spiro atoms. The zero-order valence-electron chi connectivity index (χ0n) is 20.4. The third-order valence-electron chi connectivity index (χ3n) is 6.51. The van der Waals surface area contributed by atoms with Crippen LogP contribution >= 0.6 is 0 Å². The number of anilines is 2. The Hall–Kier alpha value is -3.13. The highest BCUT2D eigenvalue weighted by Gasteiger charge is 2.34. The van der Waals surface area contributed by atoms with Gasteiger partial charge in [0.1, 0.15) is 11.5 Å². The van der Waals surface area contributed by atoms with E-state index in [4.69, 9.17) is 0 Å². The smallest absolute Gasteiger partial charge is 0.271 e. The molecule has 1 unspecified atom stereocenters. The van der Waals surface area contributed by atoms with Crippen LogP contribution in [0.1, 0.15) is 33.1 Å². The van der Waals surface area contributed by atoms with E-state index in [2.05, 4.69) is 39.3 Å². The van der Waals surface area contributed by atoms with Crippen LogP contribution in [0.2, 0.25) is 0 Å². The van der Waals surface area contributed by atoms with Crippen LogP contribution < -0.4 is 21.1 Å². The number of hydrogen-bond donors (Lipinski definition) is 3. The normalized spacial score (nSPS) is 18.1. The zero-order chi connectivity index (χ0) is 24.1. The molecular weight excluding hydrogens is 428 g/mol. The quantitative estimate of drug-likeness (QED) is 0.468. The standard InChI is InChI=1S/C26H36N6O2/c1-18(2)28-10-4-5-25(33)31-12-9-22(17-31)32(16-19-6-7-19)23-13-21(15-30-26(23)34)20-8-11-29-24(14-20)27-3/h4-5,8,11,13-15,18-19,22,28H,6-7,9-10,12,16-17H2,1-3H3,(H,27,29)(H,30,34). The average Bonchev–Trinajstić information content (AvgIpc) is 3.53. The van der Waals surface area contributed by atoms with Crippen LogP contribution in [-0.2, 0) is 4.79 Å². The molecule has 1 atom stereocenters. The van der Waals surface area contributed by atoms with Crippen molar-refractivity contribution in [2.45, 2.75) is 45.2 Å². The van der Waals surface area contributed by atoms with E-state index in [0.29, 0.717) is 37.3 Å². The fourth-order valence-electron chi connectivity index (χ4n) is 4.39. The fourth-order valence-corrected chi connectivity index (χ4v) is 4.39. The molecule has 182 valence electrons. The summed E-state index contributed by atoms with van der Waals surface area (Å²) < 4.78 is 0. The number of aromatic nitrogens is 2. The van der Waals surface area contributed by atoms with Crippen LogP contribution in [-0.4, -0.2) is 66.1 Å². The van der Waals surface area contributed by atoms with Gasteiger partial charge in [0, 0.05) is 69.3 Å². The number of carbonyl (C=O) groups is 1. The summed E-state index contributed by atoms with van der Waals surface area (Å²) in [6.07, 6.45) is 10.3. The zero-order valence-corrected chi connectivity index (χ0v) is 20.4. The van der Waals surface area contributed by atoms with Gasteiger partial charge in [0.15, 0.2) is 0 Å². The van der Waals surface area contributed by atoms with E-state index in [0.717, 1.165) is 29.9 Å². The first-order valence-electron chi connectivity index (χ1n) is 12.3. The van der Waals surface area contributed by atoms with Crippen molar-refractivity contribution in [1.82, 2.24) is 20.2 Å². The molecule has 1 aliphatic carbocycles. The summed E-state index contributed by atoms with van der Waals surface area (Å²) in [7, 11) is 1.84. The lowest BCUT2D eigenvalue weighted by Gasteiger charge is -2.31. The molecule has 34 heavy (non-hydrogen) atoms. The Morgan fingerprint density at radius 3 is 2.85 bits per heavy atom. The van der Waals surface area contributed by atoms with Crippen LogP contribution in [0.15, 0.2) is 47.5 Å². The van der Waals surface area contributed by atoms with Crippen molar-refractivity contribution in [3.8, 4) is 11.1 Å². The first-order valence-corrected chi connectivity index (χ1v) is 12.3. The number of likely N-dealkylation sites (tertiary alicyclic amines) is 1. The molecule has 1 amide bonds. The van der Waals surface area contributed by atoms with Gasteiger partial charge in [-0.3, -0.25) is 9.59 Å². The summed E-state index contributed by atoms with van der Waals surface area (Å²) >= 11 is 0. The van der Waals surface area contributed by atoms with Gasteiger partial charge in [-0.1, -0.05) is 19.9 Å². The minimum Gasteiger partial charge on any atom is -0.373 e. The molecule has 2 aromatic rings. The van der Waals surface area contributed by atoms with Gasteiger partial charge in [0.05, 0.1) is 0 Å². The van der Waals surface area contributed by atoms with Crippen molar-refractivity contribution in [1.29, 1.82) is 0 Å². The molecule has 1 aliphatic heterocycles. The van der Waals surface area contributed by atoms with Gasteiger partial charge in [0.2, 0.25) is 5.91 Å². The number of carbonyl (C=O) groups excluding carboxylic acids is 1. The fraction of sp³-hybridized carbons (Fsp3) is 0.500. The van der Waals surface area contributed by atoms with Crippen LogP contribution in [0.5, 0.6) is 0 Å². The number of hydrogen-bond acceptors (Lipinski definition) is 6. The third-order valence-corrected chi connectivity index (χ3v) is 6.51. The molecule has 0 bridgehead atoms. The molecule has 1 saturated heterocycles. The van der Waals surface area contributed by atoms with E-state index < -0.39 is 0 Å². The Morgan fingerprint density at radius 1 is 1.29 bits per heavy atom. The Balaban J connectivity index is 1.52. The number of nitrogens with one attached hydrogen (secondary N) is 3. The van der Waals surface area contributed by atoms with Gasteiger partial charge in [0.25, 0.3) is 5.56 Å². The van der Waals surface area contributed by atoms with Crippen molar-refractivity contribution in [2.24, 2.45) is 5.92 Å². The van der Waals surface area contributed by atoms with Gasteiger partial charge in [-0.25, -0.2) is 4.98 Å². The van der Waals surface area contributed by atoms with E-state index in [1.165, 1.54) is 12.8 Å². The van der Waals surface area contributed by atoms with E-state index in [-0.39, 0.29) is 17.5 Å². The average molecular weight is 465 g/mol. The van der Waals surface area contributed by atoms with Gasteiger partial charge >= 0.3 is 0 Å². The lowest BCUT2D eigenvalue weighted by molar-refractivity contribution is -0.125. The lowest BCUT2D eigenvalue weighted by Crippen LogP contribution is -2.42. The van der Waals surface area contributed by atoms with Crippen molar-refractivity contribution in [2.75, 3.05) is 43.4 Å². The molecule has 0 radical (unpaired) electrons. The van der Waals surface area contributed by atoms with Crippen LogP contribution in [0, 0.1) is 5.92 Å². The van der Waals surface area contributed by atoms with Gasteiger partial charge < -0.3 is 25.4 Å². The van der Waals surface area contributed by atoms with Crippen LogP contribution in [0.3, 0.4) is 0 Å². The van der Waals surface area contributed by atoms with Gasteiger partial charge in [-0.2, -0.15) is 0 Å². The summed E-state index contributed by atoms with van der Waals surface area (Å²) in [5, 5.41) is 6.35. The van der Waals surface area contributed by atoms with Crippen molar-refractivity contribution < 1.29 is 4.79 Å². The SMILES string of the molecule is CNc1cc(-c2c[nH]c(=O)c(N(CC3CC3)C3CCN(C(=O)C=CCNC(C)C)C3)c2)ccn1. The summed E-state index contributed by atoms with van der Waals surface area (Å²) in [5.74, 6) is 1.44. The molecule has 8 heteroatoms. The summed E-state index contributed by atoms with van der Waals surface area (Å²) in [6, 6.07) is 6.42. The molecule has 4 rings (SSSR count).